The summed E-state index contributed by atoms with van der Waals surface area (Å²) in [6.45, 7) is 2.94. The first-order valence-electron chi connectivity index (χ1n) is 6.89. The van der Waals surface area contributed by atoms with E-state index in [0.29, 0.717) is 11.4 Å². The van der Waals surface area contributed by atoms with Crippen molar-refractivity contribution in [2.24, 2.45) is 0 Å². The maximum Gasteiger partial charge on any atom is 0.261 e. The summed E-state index contributed by atoms with van der Waals surface area (Å²) in [6.07, 6.45) is 2.60. The van der Waals surface area contributed by atoms with Crippen LogP contribution in [0.25, 0.3) is 0 Å². The van der Waals surface area contributed by atoms with Gasteiger partial charge in [0.25, 0.3) is 5.91 Å². The van der Waals surface area contributed by atoms with E-state index in [1.807, 2.05) is 24.3 Å². The minimum atomic E-state index is -0.245. The van der Waals surface area contributed by atoms with E-state index in [2.05, 4.69) is 22.5 Å². The van der Waals surface area contributed by atoms with Gasteiger partial charge in [-0.2, -0.15) is 0 Å². The third kappa shape index (κ3) is 3.72. The van der Waals surface area contributed by atoms with Gasteiger partial charge in [-0.05, 0) is 30.7 Å². The molecule has 0 atom stereocenters. The summed E-state index contributed by atoms with van der Waals surface area (Å²) in [6, 6.07) is 11.0. The number of hydrogen-bond acceptors (Lipinski definition) is 4. The second kappa shape index (κ2) is 7.28. The second-order valence-corrected chi connectivity index (χ2v) is 4.49. The van der Waals surface area contributed by atoms with Crippen LogP contribution < -0.4 is 15.4 Å². The number of rotatable bonds is 6. The average Bonchev–Trinajstić information content (AvgIpc) is 2.54. The van der Waals surface area contributed by atoms with Crippen molar-refractivity contribution in [2.45, 2.75) is 13.3 Å². The van der Waals surface area contributed by atoms with Gasteiger partial charge in [-0.3, -0.25) is 4.79 Å². The molecule has 0 bridgehead atoms. The highest BCUT2D eigenvalue weighted by Crippen LogP contribution is 2.23. The Morgan fingerprint density at radius 1 is 1.19 bits per heavy atom. The van der Waals surface area contributed by atoms with Crippen LogP contribution in [0.15, 0.2) is 42.6 Å². The van der Waals surface area contributed by atoms with Gasteiger partial charge in [0.2, 0.25) is 5.88 Å². The van der Waals surface area contributed by atoms with Gasteiger partial charge in [-0.25, -0.2) is 4.98 Å². The largest absolute Gasteiger partial charge is 0.480 e. The van der Waals surface area contributed by atoms with Gasteiger partial charge in [0, 0.05) is 12.7 Å². The molecule has 1 aromatic heterocycles. The standard InChI is InChI=1S/C16H19N3O2/c1-3-10-17-13-8-4-5-9-14(13)19-15(20)12-7-6-11-18-16(12)21-2/h4-9,11,17H,3,10H2,1-2H3,(H,19,20). The molecule has 1 aromatic carbocycles. The SMILES string of the molecule is CCCNc1ccccc1NC(=O)c1cccnc1OC. The van der Waals surface area contributed by atoms with Crippen molar-refractivity contribution in [3.05, 3.63) is 48.2 Å². The van der Waals surface area contributed by atoms with Gasteiger partial charge >= 0.3 is 0 Å². The number of para-hydroxylation sites is 2. The van der Waals surface area contributed by atoms with E-state index in [1.54, 1.807) is 18.3 Å². The molecule has 0 saturated carbocycles. The predicted molar refractivity (Wildman–Crippen MR) is 84.0 cm³/mol. The molecule has 2 aromatic rings. The number of nitrogens with zero attached hydrogens (tertiary/aromatic N) is 1. The fourth-order valence-corrected chi connectivity index (χ4v) is 1.92. The molecule has 1 amide bonds. The highest BCUT2D eigenvalue weighted by Gasteiger charge is 2.14. The molecule has 2 N–H and O–H groups in total. The minimum Gasteiger partial charge on any atom is -0.480 e. The Labute approximate surface area is 124 Å². The average molecular weight is 285 g/mol. The van der Waals surface area contributed by atoms with Crippen LogP contribution in [-0.2, 0) is 0 Å². The molecule has 110 valence electrons. The van der Waals surface area contributed by atoms with Crippen LogP contribution in [0, 0.1) is 0 Å². The van der Waals surface area contributed by atoms with Crippen LogP contribution in [0.4, 0.5) is 11.4 Å². The molecule has 0 unspecified atom stereocenters. The molecule has 0 saturated heterocycles. The summed E-state index contributed by atoms with van der Waals surface area (Å²) >= 11 is 0. The number of ether oxygens (including phenoxy) is 1. The number of carbonyl (C=O) groups excluding carboxylic acids is 1. The van der Waals surface area contributed by atoms with E-state index in [-0.39, 0.29) is 5.91 Å². The van der Waals surface area contributed by atoms with Crippen molar-refractivity contribution in [3.63, 3.8) is 0 Å². The first kappa shape index (κ1) is 14.8. The van der Waals surface area contributed by atoms with Crippen LogP contribution in [0.1, 0.15) is 23.7 Å². The molecule has 5 heteroatoms. The van der Waals surface area contributed by atoms with Crippen molar-refractivity contribution in [1.29, 1.82) is 0 Å². The van der Waals surface area contributed by atoms with E-state index >= 15 is 0 Å². The monoisotopic (exact) mass is 285 g/mol. The van der Waals surface area contributed by atoms with E-state index in [4.69, 9.17) is 4.74 Å². The molecule has 1 heterocycles. The lowest BCUT2D eigenvalue weighted by Gasteiger charge is -2.13. The summed E-state index contributed by atoms with van der Waals surface area (Å²) in [7, 11) is 1.50. The maximum absolute atomic E-state index is 12.4. The van der Waals surface area contributed by atoms with Crippen molar-refractivity contribution in [2.75, 3.05) is 24.3 Å². The molecule has 2 rings (SSSR count). The summed E-state index contributed by atoms with van der Waals surface area (Å²) in [4.78, 5) is 16.4. The predicted octanol–water partition coefficient (Wildman–Crippen LogP) is 3.16. The smallest absolute Gasteiger partial charge is 0.261 e. The molecule has 21 heavy (non-hydrogen) atoms. The Hall–Kier alpha value is -2.56. The lowest BCUT2D eigenvalue weighted by molar-refractivity contribution is 0.102. The minimum absolute atomic E-state index is 0.245. The third-order valence-corrected chi connectivity index (χ3v) is 2.95. The zero-order chi connectivity index (χ0) is 15.1. The second-order valence-electron chi connectivity index (χ2n) is 4.49. The molecular weight excluding hydrogens is 266 g/mol. The highest BCUT2D eigenvalue weighted by atomic mass is 16.5. The van der Waals surface area contributed by atoms with E-state index < -0.39 is 0 Å². The molecule has 0 aliphatic carbocycles. The Kier molecular flexibility index (Phi) is 5.15. The molecule has 5 nitrogen and oxygen atoms in total. The lowest BCUT2D eigenvalue weighted by Crippen LogP contribution is -2.15. The van der Waals surface area contributed by atoms with Gasteiger partial charge in [0.15, 0.2) is 0 Å². The Morgan fingerprint density at radius 3 is 2.67 bits per heavy atom. The maximum atomic E-state index is 12.4. The molecule has 0 spiro atoms. The molecule has 0 aliphatic heterocycles. The van der Waals surface area contributed by atoms with Crippen molar-refractivity contribution in [3.8, 4) is 5.88 Å². The fourth-order valence-electron chi connectivity index (χ4n) is 1.92. The number of nitrogens with one attached hydrogen (secondary N) is 2. The fraction of sp³-hybridized carbons (Fsp3) is 0.250. The number of methoxy groups -OCH3 is 1. The number of amides is 1. The summed E-state index contributed by atoms with van der Waals surface area (Å²) < 4.78 is 5.11. The summed E-state index contributed by atoms with van der Waals surface area (Å²) in [5.74, 6) is 0.0692. The van der Waals surface area contributed by atoms with Crippen molar-refractivity contribution in [1.82, 2.24) is 4.98 Å². The number of carbonyl (C=O) groups is 1. The summed E-state index contributed by atoms with van der Waals surface area (Å²) in [5, 5.41) is 6.18. The lowest BCUT2D eigenvalue weighted by atomic mass is 10.2. The Balaban J connectivity index is 2.19. The van der Waals surface area contributed by atoms with Crippen LogP contribution in [0.2, 0.25) is 0 Å². The first-order chi connectivity index (χ1) is 10.3. The quantitative estimate of drug-likeness (QED) is 0.855. The number of hydrogen-bond donors (Lipinski definition) is 2. The summed E-state index contributed by atoms with van der Waals surface area (Å²) in [5.41, 5.74) is 2.04. The normalized spacial score (nSPS) is 10.0. The number of pyridine rings is 1. The van der Waals surface area contributed by atoms with Gasteiger partial charge in [-0.1, -0.05) is 19.1 Å². The Morgan fingerprint density at radius 2 is 1.95 bits per heavy atom. The number of aromatic nitrogens is 1. The van der Waals surface area contributed by atoms with Crippen molar-refractivity contribution >= 4 is 17.3 Å². The third-order valence-electron chi connectivity index (χ3n) is 2.95. The van der Waals surface area contributed by atoms with Gasteiger partial charge < -0.3 is 15.4 Å². The number of benzene rings is 1. The Bertz CT molecular complexity index is 614. The molecular formula is C16H19N3O2. The zero-order valence-electron chi connectivity index (χ0n) is 12.2. The van der Waals surface area contributed by atoms with E-state index in [1.165, 1.54) is 7.11 Å². The molecule has 0 radical (unpaired) electrons. The van der Waals surface area contributed by atoms with Crippen LogP contribution >= 0.6 is 0 Å². The van der Waals surface area contributed by atoms with Crippen molar-refractivity contribution < 1.29 is 9.53 Å². The number of anilines is 2. The van der Waals surface area contributed by atoms with E-state index in [0.717, 1.165) is 24.3 Å². The van der Waals surface area contributed by atoms with Gasteiger partial charge in [-0.15, -0.1) is 0 Å². The van der Waals surface area contributed by atoms with Gasteiger partial charge in [0.1, 0.15) is 5.56 Å². The van der Waals surface area contributed by atoms with Crippen LogP contribution in [0.3, 0.4) is 0 Å². The van der Waals surface area contributed by atoms with E-state index in [9.17, 15) is 4.79 Å². The highest BCUT2D eigenvalue weighted by molar-refractivity contribution is 6.07. The zero-order valence-corrected chi connectivity index (χ0v) is 12.2. The van der Waals surface area contributed by atoms with Gasteiger partial charge in [0.05, 0.1) is 18.5 Å². The molecule has 0 fully saturated rings. The van der Waals surface area contributed by atoms with Crippen LogP contribution in [0.5, 0.6) is 5.88 Å². The molecule has 0 aliphatic rings. The topological polar surface area (TPSA) is 63.2 Å². The first-order valence-corrected chi connectivity index (χ1v) is 6.89. The van der Waals surface area contributed by atoms with Crippen LogP contribution in [-0.4, -0.2) is 24.5 Å².